The average Bonchev–Trinajstić information content (AvgIpc) is 2.02. The van der Waals surface area contributed by atoms with Crippen molar-refractivity contribution in [1.29, 1.82) is 0 Å². The summed E-state index contributed by atoms with van der Waals surface area (Å²) in [6, 6.07) is 0. The predicted octanol–water partition coefficient (Wildman–Crippen LogP) is 2.79. The van der Waals surface area contributed by atoms with Gasteiger partial charge in [0.25, 0.3) is 0 Å². The molecule has 0 aromatic carbocycles. The molecule has 6 heteroatoms. The van der Waals surface area contributed by atoms with Gasteiger partial charge in [0.2, 0.25) is 5.28 Å². The number of anilines is 1. The summed E-state index contributed by atoms with van der Waals surface area (Å²) in [4.78, 5) is 7.75. The van der Waals surface area contributed by atoms with Gasteiger partial charge in [0, 0.05) is 0 Å². The number of halogens is 3. The Bertz CT molecular complexity index is 377. The maximum atomic E-state index is 5.83. The van der Waals surface area contributed by atoms with Crippen molar-refractivity contribution >= 4 is 46.7 Å². The van der Waals surface area contributed by atoms with Gasteiger partial charge < -0.3 is 5.32 Å². The first-order chi connectivity index (χ1) is 6.16. The summed E-state index contributed by atoms with van der Waals surface area (Å²) in [6.07, 6.45) is 3.52. The van der Waals surface area contributed by atoms with Crippen molar-refractivity contribution in [2.45, 2.75) is 5.50 Å². The van der Waals surface area contributed by atoms with Gasteiger partial charge >= 0.3 is 0 Å². The molecule has 0 fully saturated rings. The fraction of sp³-hybridized carbons (Fsp3) is 0.143. The highest BCUT2D eigenvalue weighted by Crippen LogP contribution is 2.28. The molecule has 0 bridgehead atoms. The number of alkyl halides is 1. The third-order valence-electron chi connectivity index (χ3n) is 1.58. The number of nitrogens with zero attached hydrogens (tertiary/aromatic N) is 2. The van der Waals surface area contributed by atoms with Crippen LogP contribution in [0, 0.1) is 0 Å². The molecule has 0 spiro atoms. The monoisotopic (exact) mass is 235 g/mol. The van der Waals surface area contributed by atoms with Crippen LogP contribution in [0.4, 0.5) is 5.82 Å². The molecular weight excluding hydrogens is 232 g/mol. The molecule has 0 amide bonds. The summed E-state index contributed by atoms with van der Waals surface area (Å²) < 4.78 is 0. The zero-order valence-electron chi connectivity index (χ0n) is 6.26. The molecule has 13 heavy (non-hydrogen) atoms. The molecule has 1 aliphatic rings. The van der Waals surface area contributed by atoms with E-state index in [-0.39, 0.29) is 10.8 Å². The first-order valence-electron chi connectivity index (χ1n) is 3.48. The molecule has 0 saturated carbocycles. The van der Waals surface area contributed by atoms with Crippen molar-refractivity contribution < 1.29 is 0 Å². The minimum Gasteiger partial charge on any atom is -0.350 e. The lowest BCUT2D eigenvalue weighted by Gasteiger charge is -2.16. The third kappa shape index (κ3) is 1.73. The highest BCUT2D eigenvalue weighted by Gasteiger charge is 2.15. The van der Waals surface area contributed by atoms with Gasteiger partial charge in [-0.15, -0.1) is 0 Å². The topological polar surface area (TPSA) is 37.8 Å². The fourth-order valence-electron chi connectivity index (χ4n) is 1.03. The Morgan fingerprint density at radius 2 is 2.08 bits per heavy atom. The van der Waals surface area contributed by atoms with Gasteiger partial charge in [-0.1, -0.05) is 23.2 Å². The molecule has 1 atom stereocenters. The first kappa shape index (κ1) is 9.06. The molecule has 2 rings (SSSR count). The lowest BCUT2D eigenvalue weighted by Crippen LogP contribution is -2.15. The van der Waals surface area contributed by atoms with E-state index in [1.165, 1.54) is 0 Å². The normalized spacial score (nSPS) is 19.5. The molecule has 3 nitrogen and oxygen atoms in total. The van der Waals surface area contributed by atoms with Gasteiger partial charge in [-0.2, -0.15) is 0 Å². The van der Waals surface area contributed by atoms with Gasteiger partial charge in [-0.05, 0) is 23.8 Å². The van der Waals surface area contributed by atoms with Crippen LogP contribution in [0.3, 0.4) is 0 Å². The Morgan fingerprint density at radius 1 is 1.31 bits per heavy atom. The van der Waals surface area contributed by atoms with E-state index >= 15 is 0 Å². The van der Waals surface area contributed by atoms with E-state index < -0.39 is 0 Å². The van der Waals surface area contributed by atoms with E-state index in [1.807, 2.05) is 0 Å². The average molecular weight is 236 g/mol. The Balaban J connectivity index is 2.56. The van der Waals surface area contributed by atoms with Crippen LogP contribution in [0.25, 0.3) is 6.08 Å². The Kier molecular flexibility index (Phi) is 2.32. The molecule has 1 unspecified atom stereocenters. The second kappa shape index (κ2) is 3.33. The minimum atomic E-state index is -0.283. The summed E-state index contributed by atoms with van der Waals surface area (Å²) in [7, 11) is 0. The zero-order valence-corrected chi connectivity index (χ0v) is 8.53. The van der Waals surface area contributed by atoms with E-state index in [0.717, 1.165) is 0 Å². The lowest BCUT2D eigenvalue weighted by atomic mass is 10.2. The van der Waals surface area contributed by atoms with Gasteiger partial charge in [-0.25, -0.2) is 9.97 Å². The summed E-state index contributed by atoms with van der Waals surface area (Å²) in [5.74, 6) is 0.563. The molecular formula is C7H4Cl3N3. The van der Waals surface area contributed by atoms with E-state index in [1.54, 1.807) is 12.2 Å². The Morgan fingerprint density at radius 3 is 2.85 bits per heavy atom. The standard InChI is InChI=1S/C7H4Cl3N3/c8-4-2-1-3-5(9)12-7(10)13-6(3)11-4/h1-2,4H,(H,11,12,13). The zero-order chi connectivity index (χ0) is 9.42. The van der Waals surface area contributed by atoms with Crippen molar-refractivity contribution in [3.8, 4) is 0 Å². The van der Waals surface area contributed by atoms with E-state index in [9.17, 15) is 0 Å². The molecule has 2 heterocycles. The van der Waals surface area contributed by atoms with Crippen LogP contribution in [0.15, 0.2) is 6.08 Å². The van der Waals surface area contributed by atoms with Crippen molar-refractivity contribution in [3.05, 3.63) is 22.1 Å². The molecule has 1 N–H and O–H groups in total. The fourth-order valence-corrected chi connectivity index (χ4v) is 1.65. The maximum absolute atomic E-state index is 5.83. The second-order valence-corrected chi connectivity index (χ2v) is 3.62. The van der Waals surface area contributed by atoms with E-state index in [4.69, 9.17) is 34.8 Å². The van der Waals surface area contributed by atoms with Crippen LogP contribution in [0.5, 0.6) is 0 Å². The molecule has 0 aliphatic carbocycles. The van der Waals surface area contributed by atoms with Crippen LogP contribution < -0.4 is 5.32 Å². The lowest BCUT2D eigenvalue weighted by molar-refractivity contribution is 1.09. The largest absolute Gasteiger partial charge is 0.350 e. The van der Waals surface area contributed by atoms with Crippen LogP contribution in [0.1, 0.15) is 5.56 Å². The summed E-state index contributed by atoms with van der Waals surface area (Å²) in [6.45, 7) is 0. The predicted molar refractivity (Wildman–Crippen MR) is 54.3 cm³/mol. The third-order valence-corrected chi connectivity index (χ3v) is 2.29. The van der Waals surface area contributed by atoms with Crippen molar-refractivity contribution in [2.24, 2.45) is 0 Å². The number of aromatic nitrogens is 2. The smallest absolute Gasteiger partial charge is 0.225 e. The minimum absolute atomic E-state index is 0.107. The first-order valence-corrected chi connectivity index (χ1v) is 4.68. The molecule has 0 saturated heterocycles. The number of hydrogen-bond donors (Lipinski definition) is 1. The molecule has 1 aromatic heterocycles. The summed E-state index contributed by atoms with van der Waals surface area (Å²) in [5, 5.41) is 3.33. The van der Waals surface area contributed by atoms with Crippen LogP contribution in [-0.2, 0) is 0 Å². The van der Waals surface area contributed by atoms with Gasteiger partial charge in [0.15, 0.2) is 0 Å². The molecule has 68 valence electrons. The maximum Gasteiger partial charge on any atom is 0.225 e. The van der Waals surface area contributed by atoms with Gasteiger partial charge in [-0.3, -0.25) is 0 Å². The molecule has 0 radical (unpaired) electrons. The van der Waals surface area contributed by atoms with Crippen LogP contribution in [0.2, 0.25) is 10.4 Å². The molecule has 1 aromatic rings. The Hall–Kier alpha value is -0.510. The number of hydrogen-bond acceptors (Lipinski definition) is 3. The van der Waals surface area contributed by atoms with Crippen molar-refractivity contribution in [1.82, 2.24) is 9.97 Å². The SMILES string of the molecule is Clc1nc(Cl)c2c(n1)NC(Cl)C=C2. The number of fused-ring (bicyclic) bond motifs is 1. The van der Waals surface area contributed by atoms with Crippen molar-refractivity contribution in [3.63, 3.8) is 0 Å². The highest BCUT2D eigenvalue weighted by molar-refractivity contribution is 6.33. The quantitative estimate of drug-likeness (QED) is 0.326. The van der Waals surface area contributed by atoms with E-state index in [2.05, 4.69) is 15.3 Å². The van der Waals surface area contributed by atoms with Crippen LogP contribution in [-0.4, -0.2) is 15.5 Å². The second-order valence-electron chi connectivity index (χ2n) is 2.45. The highest BCUT2D eigenvalue weighted by atomic mass is 35.5. The summed E-state index contributed by atoms with van der Waals surface area (Å²) >= 11 is 17.2. The Labute approximate surface area is 89.7 Å². The summed E-state index contributed by atoms with van der Waals surface area (Å²) in [5.41, 5.74) is 0.428. The van der Waals surface area contributed by atoms with Crippen LogP contribution >= 0.6 is 34.8 Å². The van der Waals surface area contributed by atoms with E-state index in [0.29, 0.717) is 16.5 Å². The van der Waals surface area contributed by atoms with Crippen molar-refractivity contribution in [2.75, 3.05) is 5.32 Å². The number of nitrogens with one attached hydrogen (secondary N) is 1. The molecule has 1 aliphatic heterocycles. The van der Waals surface area contributed by atoms with Gasteiger partial charge in [0.05, 0.1) is 5.56 Å². The van der Waals surface area contributed by atoms with Gasteiger partial charge in [0.1, 0.15) is 16.5 Å². The number of rotatable bonds is 0.